The minimum Gasteiger partial charge on any atom is -0.310 e. The van der Waals surface area contributed by atoms with E-state index >= 15 is 0 Å². The van der Waals surface area contributed by atoms with Crippen molar-refractivity contribution in [1.29, 1.82) is 0 Å². The fourth-order valence-electron chi connectivity index (χ4n) is 1.80. The molecule has 1 nitrogen and oxygen atoms in total. The molecule has 1 aliphatic carbocycles. The van der Waals surface area contributed by atoms with E-state index in [1.807, 2.05) is 23.1 Å². The molecule has 1 N–H and O–H groups in total. The topological polar surface area (TPSA) is 12.0 Å². The van der Waals surface area contributed by atoms with E-state index in [0.717, 1.165) is 18.3 Å². The Kier molecular flexibility index (Phi) is 4.03. The third kappa shape index (κ3) is 3.61. The number of thioether (sulfide) groups is 1. The molecule has 3 rings (SSSR count). The Hall–Kier alpha value is -0.770. The molecule has 0 bridgehead atoms. The first kappa shape index (κ1) is 12.3. The van der Waals surface area contributed by atoms with Crippen molar-refractivity contribution in [1.82, 2.24) is 5.32 Å². The summed E-state index contributed by atoms with van der Waals surface area (Å²) in [5, 5.41) is 5.68. The van der Waals surface area contributed by atoms with Gasteiger partial charge in [0.2, 0.25) is 0 Å². The van der Waals surface area contributed by atoms with Crippen LogP contribution in [0.5, 0.6) is 0 Å². The van der Waals surface area contributed by atoms with Crippen LogP contribution >= 0.6 is 23.1 Å². The first-order valence-electron chi connectivity index (χ1n) is 6.38. The first-order chi connectivity index (χ1) is 8.90. The van der Waals surface area contributed by atoms with E-state index in [4.69, 9.17) is 0 Å². The van der Waals surface area contributed by atoms with Gasteiger partial charge in [0.05, 0.1) is 0 Å². The van der Waals surface area contributed by atoms with Crippen molar-refractivity contribution < 1.29 is 0 Å². The fraction of sp³-hybridized carbons (Fsp3) is 0.333. The highest BCUT2D eigenvalue weighted by molar-refractivity contribution is 7.98. The van der Waals surface area contributed by atoms with Crippen LogP contribution in [0.4, 0.5) is 0 Å². The van der Waals surface area contributed by atoms with Crippen LogP contribution in [0.15, 0.2) is 46.7 Å². The van der Waals surface area contributed by atoms with Gasteiger partial charge in [-0.25, -0.2) is 0 Å². The smallest absolute Gasteiger partial charge is 0.0326 e. The lowest BCUT2D eigenvalue weighted by Crippen LogP contribution is -2.14. The average Bonchev–Trinajstić information content (AvgIpc) is 3.09. The molecule has 0 amide bonds. The molecule has 1 saturated carbocycles. The molecule has 0 unspecified atom stereocenters. The summed E-state index contributed by atoms with van der Waals surface area (Å²) < 4.78 is 0. The van der Waals surface area contributed by atoms with E-state index in [2.05, 4.69) is 47.1 Å². The molecule has 0 atom stereocenters. The maximum atomic E-state index is 3.54. The SMILES string of the molecule is c1csc(CSc2ccc(CNC3CC3)cc2)c1. The van der Waals surface area contributed by atoms with Gasteiger partial charge in [0.25, 0.3) is 0 Å². The van der Waals surface area contributed by atoms with Gasteiger partial charge in [0.1, 0.15) is 0 Å². The van der Waals surface area contributed by atoms with Crippen molar-refractivity contribution in [3.8, 4) is 0 Å². The average molecular weight is 275 g/mol. The normalized spacial score (nSPS) is 14.9. The molecule has 2 aromatic rings. The monoisotopic (exact) mass is 275 g/mol. The Morgan fingerprint density at radius 3 is 2.67 bits per heavy atom. The van der Waals surface area contributed by atoms with Crippen LogP contribution in [0.1, 0.15) is 23.3 Å². The Bertz CT molecular complexity index is 472. The fourth-order valence-corrected chi connectivity index (χ4v) is 3.47. The number of nitrogens with one attached hydrogen (secondary N) is 1. The predicted octanol–water partition coefficient (Wildman–Crippen LogP) is 4.29. The van der Waals surface area contributed by atoms with E-state index in [9.17, 15) is 0 Å². The van der Waals surface area contributed by atoms with E-state index in [1.165, 1.54) is 28.2 Å². The summed E-state index contributed by atoms with van der Waals surface area (Å²) in [5.74, 6) is 1.08. The van der Waals surface area contributed by atoms with Crippen LogP contribution in [-0.4, -0.2) is 6.04 Å². The molecule has 1 aromatic carbocycles. The third-order valence-electron chi connectivity index (χ3n) is 3.06. The molecule has 1 heterocycles. The van der Waals surface area contributed by atoms with Gasteiger partial charge >= 0.3 is 0 Å². The van der Waals surface area contributed by atoms with Crippen LogP contribution in [0.25, 0.3) is 0 Å². The van der Waals surface area contributed by atoms with Crippen molar-refractivity contribution >= 4 is 23.1 Å². The highest BCUT2D eigenvalue weighted by Crippen LogP contribution is 2.25. The standard InChI is InChI=1S/C15H17NS2/c1-2-15(17-9-1)11-18-14-7-3-12(4-8-14)10-16-13-5-6-13/h1-4,7-9,13,16H,5-6,10-11H2. The molecule has 1 fully saturated rings. The number of hydrogen-bond acceptors (Lipinski definition) is 3. The maximum absolute atomic E-state index is 3.54. The van der Waals surface area contributed by atoms with Crippen molar-refractivity contribution in [3.05, 3.63) is 52.2 Å². The minimum atomic E-state index is 0.790. The molecular weight excluding hydrogens is 258 g/mol. The van der Waals surface area contributed by atoms with Gasteiger partial charge in [0.15, 0.2) is 0 Å². The first-order valence-corrected chi connectivity index (χ1v) is 8.24. The Morgan fingerprint density at radius 2 is 2.00 bits per heavy atom. The largest absolute Gasteiger partial charge is 0.310 e. The second-order valence-corrected chi connectivity index (χ2v) is 6.75. The van der Waals surface area contributed by atoms with Crippen molar-refractivity contribution in [2.45, 2.75) is 36.1 Å². The molecule has 1 aliphatic rings. The number of hydrogen-bond donors (Lipinski definition) is 1. The van der Waals surface area contributed by atoms with Crippen molar-refractivity contribution in [2.75, 3.05) is 0 Å². The lowest BCUT2D eigenvalue weighted by atomic mass is 10.2. The summed E-state index contributed by atoms with van der Waals surface area (Å²) in [6.45, 7) is 1.01. The van der Waals surface area contributed by atoms with E-state index in [-0.39, 0.29) is 0 Å². The maximum Gasteiger partial charge on any atom is 0.0326 e. The van der Waals surface area contributed by atoms with Gasteiger partial charge in [-0.1, -0.05) is 18.2 Å². The summed E-state index contributed by atoms with van der Waals surface area (Å²) in [6, 6.07) is 14.1. The number of thiophene rings is 1. The molecule has 0 saturated heterocycles. The second-order valence-electron chi connectivity index (χ2n) is 4.67. The predicted molar refractivity (Wildman–Crippen MR) is 80.2 cm³/mol. The minimum absolute atomic E-state index is 0.790. The zero-order chi connectivity index (χ0) is 12.2. The lowest BCUT2D eigenvalue weighted by molar-refractivity contribution is 0.687. The Morgan fingerprint density at radius 1 is 1.17 bits per heavy atom. The van der Waals surface area contributed by atoms with Gasteiger partial charge < -0.3 is 5.32 Å². The van der Waals surface area contributed by atoms with Crippen LogP contribution in [-0.2, 0) is 12.3 Å². The number of benzene rings is 1. The number of rotatable bonds is 6. The van der Waals surface area contributed by atoms with E-state index in [0.29, 0.717) is 0 Å². The van der Waals surface area contributed by atoms with Gasteiger partial charge in [-0.2, -0.15) is 0 Å². The summed E-state index contributed by atoms with van der Waals surface area (Å²) >= 11 is 3.75. The van der Waals surface area contributed by atoms with Crippen molar-refractivity contribution in [3.63, 3.8) is 0 Å². The third-order valence-corrected chi connectivity index (χ3v) is 5.18. The lowest BCUT2D eigenvalue weighted by Gasteiger charge is -2.04. The van der Waals surface area contributed by atoms with Crippen LogP contribution in [0.2, 0.25) is 0 Å². The summed E-state index contributed by atoms with van der Waals surface area (Å²) in [7, 11) is 0. The molecular formula is C15H17NS2. The van der Waals surface area contributed by atoms with Gasteiger partial charge in [0, 0.05) is 28.1 Å². The Balaban J connectivity index is 1.50. The second kappa shape index (κ2) is 5.91. The van der Waals surface area contributed by atoms with Crippen LogP contribution < -0.4 is 5.32 Å². The molecule has 0 aliphatic heterocycles. The summed E-state index contributed by atoms with van der Waals surface area (Å²) in [5.41, 5.74) is 1.39. The van der Waals surface area contributed by atoms with Crippen LogP contribution in [0, 0.1) is 0 Å². The van der Waals surface area contributed by atoms with Gasteiger partial charge in [-0.3, -0.25) is 0 Å². The van der Waals surface area contributed by atoms with E-state index < -0.39 is 0 Å². The van der Waals surface area contributed by atoms with Crippen LogP contribution in [0.3, 0.4) is 0 Å². The van der Waals surface area contributed by atoms with Crippen molar-refractivity contribution in [2.24, 2.45) is 0 Å². The molecule has 0 spiro atoms. The zero-order valence-electron chi connectivity index (χ0n) is 10.3. The zero-order valence-corrected chi connectivity index (χ0v) is 11.9. The summed E-state index contributed by atoms with van der Waals surface area (Å²) in [6.07, 6.45) is 2.71. The molecule has 18 heavy (non-hydrogen) atoms. The molecule has 94 valence electrons. The summed E-state index contributed by atoms with van der Waals surface area (Å²) in [4.78, 5) is 2.80. The highest BCUT2D eigenvalue weighted by Gasteiger charge is 2.19. The van der Waals surface area contributed by atoms with E-state index in [1.54, 1.807) is 0 Å². The Labute approximate surface area is 117 Å². The molecule has 3 heteroatoms. The highest BCUT2D eigenvalue weighted by atomic mass is 32.2. The quantitative estimate of drug-likeness (QED) is 0.789. The molecule has 0 radical (unpaired) electrons. The molecule has 1 aromatic heterocycles. The van der Waals surface area contributed by atoms with Gasteiger partial charge in [-0.15, -0.1) is 23.1 Å². The van der Waals surface area contributed by atoms with Gasteiger partial charge in [-0.05, 0) is 42.0 Å².